The van der Waals surface area contributed by atoms with Crippen molar-refractivity contribution in [3.05, 3.63) is 46.2 Å². The number of aryl methyl sites for hydroxylation is 2. The molecule has 0 aliphatic heterocycles. The quantitative estimate of drug-likeness (QED) is 0.606. The van der Waals surface area contributed by atoms with Gasteiger partial charge in [0, 0.05) is 31.1 Å². The van der Waals surface area contributed by atoms with Crippen LogP contribution in [0, 0.1) is 44.2 Å². The SMILES string of the molecule is Cc1[c-]n(C)c2ccccc2c1=O.[U]. The fraction of sp³-hybridized carbons (Fsp3) is 0.182. The molecule has 1 aromatic carbocycles. The minimum absolute atomic E-state index is 0. The summed E-state index contributed by atoms with van der Waals surface area (Å²) in [7, 11) is 1.90. The summed E-state index contributed by atoms with van der Waals surface area (Å²) in [5, 5.41) is 0.765. The van der Waals surface area contributed by atoms with Crippen LogP contribution in [0.4, 0.5) is 0 Å². The van der Waals surface area contributed by atoms with E-state index in [1.54, 1.807) is 6.92 Å². The third kappa shape index (κ3) is 1.80. The maximum Gasteiger partial charge on any atom is 0.0776 e. The summed E-state index contributed by atoms with van der Waals surface area (Å²) < 4.78 is 1.85. The van der Waals surface area contributed by atoms with Crippen LogP contribution in [0.15, 0.2) is 29.1 Å². The Morgan fingerprint density at radius 2 is 1.93 bits per heavy atom. The summed E-state index contributed by atoms with van der Waals surface area (Å²) in [5.41, 5.74) is 1.67. The first-order valence-corrected chi connectivity index (χ1v) is 4.18. The molecule has 0 radical (unpaired) electrons. The van der Waals surface area contributed by atoms with Crippen LogP contribution in [0.2, 0.25) is 0 Å². The Labute approximate surface area is 106 Å². The van der Waals surface area contributed by atoms with Gasteiger partial charge in [-0.3, -0.25) is 0 Å². The number of hydrogen-bond acceptors (Lipinski definition) is 1. The zero-order chi connectivity index (χ0) is 9.42. The van der Waals surface area contributed by atoms with Crippen molar-refractivity contribution < 1.29 is 31.1 Å². The molecule has 0 amide bonds. The van der Waals surface area contributed by atoms with Crippen LogP contribution in [0.3, 0.4) is 0 Å². The van der Waals surface area contributed by atoms with E-state index in [-0.39, 0.29) is 36.5 Å². The Hall–Kier alpha value is -0.518. The van der Waals surface area contributed by atoms with E-state index in [1.165, 1.54) is 0 Å². The standard InChI is InChI=1S/C11H10NO.U/c1-8-7-12(2)10-6-4-3-5-9(10)11(8)13;/h3-6H,1-2H3;/q-1;. The summed E-state index contributed by atoms with van der Waals surface area (Å²) in [5.74, 6) is 0. The van der Waals surface area contributed by atoms with Crippen LogP contribution in [0.5, 0.6) is 0 Å². The van der Waals surface area contributed by atoms with E-state index in [1.807, 2.05) is 35.9 Å². The fourth-order valence-electron chi connectivity index (χ4n) is 1.52. The average molecular weight is 410 g/mol. The number of rotatable bonds is 0. The van der Waals surface area contributed by atoms with Gasteiger partial charge in [-0.15, -0.1) is 5.56 Å². The maximum absolute atomic E-state index is 11.6. The van der Waals surface area contributed by atoms with Gasteiger partial charge < -0.3 is 9.36 Å². The van der Waals surface area contributed by atoms with Crippen LogP contribution in [0.1, 0.15) is 5.56 Å². The molecule has 14 heavy (non-hydrogen) atoms. The molecular formula is C11H10NOU-. The molecule has 0 fully saturated rings. The molecule has 0 unspecified atom stereocenters. The molecule has 0 spiro atoms. The van der Waals surface area contributed by atoms with Crippen molar-refractivity contribution in [2.75, 3.05) is 0 Å². The summed E-state index contributed by atoms with van der Waals surface area (Å²) in [6.07, 6.45) is 2.99. The molecule has 2 rings (SSSR count). The number of hydrogen-bond donors (Lipinski definition) is 0. The Bertz CT molecular complexity index is 516. The van der Waals surface area contributed by atoms with E-state index >= 15 is 0 Å². The Morgan fingerprint density at radius 1 is 1.29 bits per heavy atom. The molecule has 0 bridgehead atoms. The number of pyridine rings is 1. The van der Waals surface area contributed by atoms with Gasteiger partial charge in [-0.1, -0.05) is 48.3 Å². The largest absolute Gasteiger partial charge is 0.457 e. The molecule has 0 atom stereocenters. The average Bonchev–Trinajstić information content (AvgIpc) is 2.15. The van der Waals surface area contributed by atoms with Crippen LogP contribution in [-0.2, 0) is 7.05 Å². The van der Waals surface area contributed by atoms with Crippen molar-refractivity contribution in [2.24, 2.45) is 7.05 Å². The van der Waals surface area contributed by atoms with Crippen molar-refractivity contribution in [2.45, 2.75) is 6.92 Å². The Kier molecular flexibility index (Phi) is 3.58. The van der Waals surface area contributed by atoms with E-state index in [4.69, 9.17) is 0 Å². The van der Waals surface area contributed by atoms with E-state index in [2.05, 4.69) is 6.20 Å². The zero-order valence-corrected chi connectivity index (χ0v) is 12.3. The van der Waals surface area contributed by atoms with Gasteiger partial charge in [-0.25, -0.2) is 0 Å². The molecule has 2 aromatic rings. The van der Waals surface area contributed by atoms with Crippen molar-refractivity contribution in [1.29, 1.82) is 0 Å². The minimum atomic E-state index is 0. The Morgan fingerprint density at radius 3 is 2.64 bits per heavy atom. The van der Waals surface area contributed by atoms with Gasteiger partial charge in [0.2, 0.25) is 0 Å². The number of aromatic nitrogens is 1. The normalized spacial score (nSPS) is 9.86. The predicted octanol–water partition coefficient (Wildman–Crippen LogP) is 1.65. The van der Waals surface area contributed by atoms with Gasteiger partial charge in [0.05, 0.1) is 5.43 Å². The molecular weight excluding hydrogens is 400 g/mol. The van der Waals surface area contributed by atoms with Crippen LogP contribution >= 0.6 is 0 Å². The van der Waals surface area contributed by atoms with Gasteiger partial charge in [0.1, 0.15) is 0 Å². The Balaban J connectivity index is 0.000000980. The molecule has 70 valence electrons. The first kappa shape index (κ1) is 11.6. The number of para-hydroxylation sites is 1. The number of benzene rings is 1. The molecule has 0 saturated carbocycles. The topological polar surface area (TPSA) is 22.0 Å². The number of fused-ring (bicyclic) bond motifs is 1. The first-order chi connectivity index (χ1) is 6.20. The summed E-state index contributed by atoms with van der Waals surface area (Å²) in [4.78, 5) is 11.6. The van der Waals surface area contributed by atoms with Gasteiger partial charge in [-0.05, 0) is 7.05 Å². The predicted molar refractivity (Wildman–Crippen MR) is 52.8 cm³/mol. The van der Waals surface area contributed by atoms with E-state index in [0.717, 1.165) is 10.9 Å². The second-order valence-electron chi connectivity index (χ2n) is 3.14. The maximum atomic E-state index is 11.6. The molecule has 1 heterocycles. The molecule has 2 nitrogen and oxygen atoms in total. The summed E-state index contributed by atoms with van der Waals surface area (Å²) in [6.45, 7) is 1.79. The second-order valence-corrected chi connectivity index (χ2v) is 3.14. The van der Waals surface area contributed by atoms with Gasteiger partial charge in [-0.2, -0.15) is 0 Å². The molecule has 0 saturated heterocycles. The third-order valence-electron chi connectivity index (χ3n) is 2.19. The minimum Gasteiger partial charge on any atom is -0.457 e. The van der Waals surface area contributed by atoms with Gasteiger partial charge >= 0.3 is 0 Å². The molecule has 3 heteroatoms. The van der Waals surface area contributed by atoms with Crippen LogP contribution < -0.4 is 5.43 Å². The van der Waals surface area contributed by atoms with E-state index < -0.39 is 0 Å². The fourth-order valence-corrected chi connectivity index (χ4v) is 1.52. The van der Waals surface area contributed by atoms with E-state index in [0.29, 0.717) is 5.56 Å². The molecule has 0 N–H and O–H groups in total. The first-order valence-electron chi connectivity index (χ1n) is 4.18. The van der Waals surface area contributed by atoms with Crippen molar-refractivity contribution in [3.63, 3.8) is 0 Å². The van der Waals surface area contributed by atoms with Crippen molar-refractivity contribution in [1.82, 2.24) is 4.57 Å². The van der Waals surface area contributed by atoms with Crippen LogP contribution in [-0.4, -0.2) is 4.57 Å². The summed E-state index contributed by atoms with van der Waals surface area (Å²) in [6, 6.07) is 7.57. The molecule has 1 aromatic heterocycles. The monoisotopic (exact) mass is 410 g/mol. The van der Waals surface area contributed by atoms with Gasteiger partial charge in [0.25, 0.3) is 0 Å². The summed E-state index contributed by atoms with van der Waals surface area (Å²) >= 11 is 0. The second kappa shape index (κ2) is 4.34. The molecule has 0 aliphatic rings. The third-order valence-corrected chi connectivity index (χ3v) is 2.19. The smallest absolute Gasteiger partial charge is 0.0776 e. The van der Waals surface area contributed by atoms with Gasteiger partial charge in [0.15, 0.2) is 0 Å². The van der Waals surface area contributed by atoms with E-state index in [9.17, 15) is 4.79 Å². The van der Waals surface area contributed by atoms with Crippen molar-refractivity contribution >= 4 is 10.9 Å². The van der Waals surface area contributed by atoms with Crippen molar-refractivity contribution in [3.8, 4) is 0 Å². The molecule has 0 aliphatic carbocycles. The van der Waals surface area contributed by atoms with Crippen LogP contribution in [0.25, 0.3) is 10.9 Å². The number of nitrogens with zero attached hydrogens (tertiary/aromatic N) is 1. The zero-order valence-electron chi connectivity index (χ0n) is 8.16.